The van der Waals surface area contributed by atoms with Gasteiger partial charge in [-0.05, 0) is 58.1 Å². The summed E-state index contributed by atoms with van der Waals surface area (Å²) >= 11 is 0. The lowest BCUT2D eigenvalue weighted by atomic mass is 10.2. The Morgan fingerprint density at radius 2 is 1.76 bits per heavy atom. The maximum Gasteiger partial charge on any atom is 0.243 e. The van der Waals surface area contributed by atoms with Crippen molar-refractivity contribution in [3.63, 3.8) is 0 Å². The van der Waals surface area contributed by atoms with E-state index in [0.29, 0.717) is 17.7 Å². The number of hydrogen-bond acceptors (Lipinski definition) is 4. The van der Waals surface area contributed by atoms with E-state index in [0.717, 1.165) is 19.4 Å². The molecule has 6 heteroatoms. The van der Waals surface area contributed by atoms with Gasteiger partial charge in [-0.2, -0.15) is 5.26 Å². The molecular weight excluding hydrogens is 286 g/mol. The normalized spacial score (nSPS) is 11.9. The lowest BCUT2D eigenvalue weighted by Crippen LogP contribution is -2.29. The lowest BCUT2D eigenvalue weighted by molar-refractivity contribution is 0.378. The van der Waals surface area contributed by atoms with Crippen LogP contribution in [0.3, 0.4) is 0 Å². The van der Waals surface area contributed by atoms with Gasteiger partial charge in [0.15, 0.2) is 0 Å². The fourth-order valence-electron chi connectivity index (χ4n) is 2.00. The number of hydrogen-bond donors (Lipinski definition) is 0. The van der Waals surface area contributed by atoms with E-state index in [1.807, 2.05) is 20.2 Å². The molecule has 1 rings (SSSR count). The van der Waals surface area contributed by atoms with Crippen molar-refractivity contribution in [2.24, 2.45) is 0 Å². The highest BCUT2D eigenvalue weighted by molar-refractivity contribution is 7.89. The molecule has 0 bridgehead atoms. The van der Waals surface area contributed by atoms with Gasteiger partial charge >= 0.3 is 0 Å². The molecule has 1 aromatic carbocycles. The minimum atomic E-state index is -3.53. The third-order valence-corrected chi connectivity index (χ3v) is 5.33. The van der Waals surface area contributed by atoms with Gasteiger partial charge in [-0.15, -0.1) is 0 Å². The lowest BCUT2D eigenvalue weighted by Gasteiger charge is -2.19. The van der Waals surface area contributed by atoms with Crippen molar-refractivity contribution >= 4 is 10.0 Å². The first-order valence-electron chi connectivity index (χ1n) is 6.91. The second-order valence-corrected chi connectivity index (χ2v) is 7.44. The van der Waals surface area contributed by atoms with Crippen LogP contribution in [0.5, 0.6) is 0 Å². The summed E-state index contributed by atoms with van der Waals surface area (Å²) in [5, 5.41) is 8.92. The first kappa shape index (κ1) is 17.6. The first-order chi connectivity index (χ1) is 9.78. The first-order valence-corrected chi connectivity index (χ1v) is 8.35. The fourth-order valence-corrected chi connectivity index (χ4v) is 3.45. The Balaban J connectivity index is 2.83. The van der Waals surface area contributed by atoms with Gasteiger partial charge in [-0.1, -0.05) is 6.07 Å². The molecule has 0 saturated carbocycles. The number of rotatable bonds is 7. The van der Waals surface area contributed by atoms with Gasteiger partial charge in [0, 0.05) is 13.6 Å². The number of unbranched alkanes of at least 4 members (excludes halogenated alkanes) is 1. The van der Waals surface area contributed by atoms with Gasteiger partial charge in [-0.25, -0.2) is 12.7 Å². The number of sulfonamides is 1. The van der Waals surface area contributed by atoms with Crippen LogP contribution < -0.4 is 0 Å². The minimum Gasteiger partial charge on any atom is -0.309 e. The molecular formula is C15H23N3O2S. The van der Waals surface area contributed by atoms with Gasteiger partial charge in [0.2, 0.25) is 10.0 Å². The smallest absolute Gasteiger partial charge is 0.243 e. The van der Waals surface area contributed by atoms with Crippen molar-refractivity contribution in [1.82, 2.24) is 9.21 Å². The Morgan fingerprint density at radius 3 is 2.33 bits per heavy atom. The number of benzene rings is 1. The summed E-state index contributed by atoms with van der Waals surface area (Å²) in [7, 11) is 2.05. The zero-order valence-electron chi connectivity index (χ0n) is 13.1. The molecule has 0 aromatic heterocycles. The van der Waals surface area contributed by atoms with Crippen LogP contribution >= 0.6 is 0 Å². The summed E-state index contributed by atoms with van der Waals surface area (Å²) in [6, 6.07) is 6.73. The Morgan fingerprint density at radius 1 is 1.14 bits per heavy atom. The van der Waals surface area contributed by atoms with E-state index in [-0.39, 0.29) is 4.90 Å². The maximum absolute atomic E-state index is 12.6. The van der Waals surface area contributed by atoms with Gasteiger partial charge in [0.25, 0.3) is 0 Å². The third-order valence-electron chi connectivity index (χ3n) is 3.33. The maximum atomic E-state index is 12.6. The third kappa shape index (κ3) is 4.81. The molecule has 0 spiro atoms. The molecule has 0 saturated heterocycles. The van der Waals surface area contributed by atoms with Crippen molar-refractivity contribution < 1.29 is 8.42 Å². The molecule has 5 nitrogen and oxygen atoms in total. The van der Waals surface area contributed by atoms with E-state index in [2.05, 4.69) is 4.90 Å². The van der Waals surface area contributed by atoms with Gasteiger partial charge in [0.05, 0.1) is 16.5 Å². The number of nitriles is 1. The summed E-state index contributed by atoms with van der Waals surface area (Å²) in [5.74, 6) is 0. The van der Waals surface area contributed by atoms with Crippen LogP contribution in [-0.2, 0) is 10.0 Å². The largest absolute Gasteiger partial charge is 0.309 e. The molecule has 0 aliphatic carbocycles. The second kappa shape index (κ2) is 7.55. The Labute approximate surface area is 127 Å². The van der Waals surface area contributed by atoms with E-state index in [4.69, 9.17) is 5.26 Å². The molecule has 0 aliphatic rings. The predicted molar refractivity (Wildman–Crippen MR) is 83.5 cm³/mol. The van der Waals surface area contributed by atoms with Crippen LogP contribution in [0, 0.1) is 18.3 Å². The summed E-state index contributed by atoms with van der Waals surface area (Å²) in [6.45, 7) is 3.16. The molecule has 116 valence electrons. The van der Waals surface area contributed by atoms with Gasteiger partial charge in [-0.3, -0.25) is 0 Å². The molecule has 0 atom stereocenters. The zero-order chi connectivity index (χ0) is 16.0. The van der Waals surface area contributed by atoms with Gasteiger partial charge in [0.1, 0.15) is 0 Å². The van der Waals surface area contributed by atoms with Crippen LogP contribution in [0.1, 0.15) is 24.0 Å². The van der Waals surface area contributed by atoms with Gasteiger partial charge < -0.3 is 4.90 Å². The molecule has 0 amide bonds. The van der Waals surface area contributed by atoms with E-state index in [1.165, 1.54) is 10.4 Å². The molecule has 0 fully saturated rings. The Hall–Kier alpha value is -1.42. The van der Waals surface area contributed by atoms with Crippen molar-refractivity contribution in [2.45, 2.75) is 24.7 Å². The monoisotopic (exact) mass is 309 g/mol. The van der Waals surface area contributed by atoms with Crippen LogP contribution in [0.4, 0.5) is 0 Å². The standard InChI is InChI=1S/C15H23N3O2S/c1-13-7-8-14(12-16)11-15(13)21(19,20)18(4)10-6-5-9-17(2)3/h7-8,11H,5-6,9-10H2,1-4H3. The molecule has 21 heavy (non-hydrogen) atoms. The quantitative estimate of drug-likeness (QED) is 0.721. The van der Waals surface area contributed by atoms with Crippen LogP contribution in [0.15, 0.2) is 23.1 Å². The van der Waals surface area contributed by atoms with Crippen LogP contribution in [0.25, 0.3) is 0 Å². The summed E-state index contributed by atoms with van der Waals surface area (Å²) < 4.78 is 26.5. The van der Waals surface area contributed by atoms with Crippen LogP contribution in [0.2, 0.25) is 0 Å². The molecule has 1 aromatic rings. The Kier molecular flexibility index (Phi) is 6.34. The van der Waals surface area contributed by atoms with E-state index >= 15 is 0 Å². The summed E-state index contributed by atoms with van der Waals surface area (Å²) in [4.78, 5) is 2.30. The van der Waals surface area contributed by atoms with E-state index < -0.39 is 10.0 Å². The molecule has 0 N–H and O–H groups in total. The fraction of sp³-hybridized carbons (Fsp3) is 0.533. The summed E-state index contributed by atoms with van der Waals surface area (Å²) in [6.07, 6.45) is 1.76. The SMILES string of the molecule is Cc1ccc(C#N)cc1S(=O)(=O)N(C)CCCCN(C)C. The number of nitrogens with zero attached hydrogens (tertiary/aromatic N) is 3. The average Bonchev–Trinajstić information content (AvgIpc) is 2.43. The highest BCUT2D eigenvalue weighted by Gasteiger charge is 2.22. The van der Waals surface area contributed by atoms with E-state index in [9.17, 15) is 8.42 Å². The van der Waals surface area contributed by atoms with Crippen LogP contribution in [-0.4, -0.2) is 51.9 Å². The van der Waals surface area contributed by atoms with Crippen molar-refractivity contribution in [3.8, 4) is 6.07 Å². The van der Waals surface area contributed by atoms with Crippen molar-refractivity contribution in [1.29, 1.82) is 5.26 Å². The second-order valence-electron chi connectivity index (χ2n) is 5.43. The number of aryl methyl sites for hydroxylation is 1. The van der Waals surface area contributed by atoms with Crippen molar-refractivity contribution in [2.75, 3.05) is 34.2 Å². The zero-order valence-corrected chi connectivity index (χ0v) is 13.9. The average molecular weight is 309 g/mol. The highest BCUT2D eigenvalue weighted by atomic mass is 32.2. The van der Waals surface area contributed by atoms with Crippen molar-refractivity contribution in [3.05, 3.63) is 29.3 Å². The molecule has 0 radical (unpaired) electrons. The Bertz CT molecular complexity index is 618. The highest BCUT2D eigenvalue weighted by Crippen LogP contribution is 2.20. The molecule has 0 heterocycles. The minimum absolute atomic E-state index is 0.219. The predicted octanol–water partition coefficient (Wildman–Crippen LogP) is 1.83. The summed E-state index contributed by atoms with van der Waals surface area (Å²) in [5.41, 5.74) is 1.02. The topological polar surface area (TPSA) is 64.4 Å². The molecule has 0 aliphatic heterocycles. The molecule has 0 unspecified atom stereocenters. The van der Waals surface area contributed by atoms with E-state index in [1.54, 1.807) is 26.1 Å².